The van der Waals surface area contributed by atoms with Gasteiger partial charge in [0.1, 0.15) is 5.75 Å². The molecule has 1 unspecified atom stereocenters. The van der Waals surface area contributed by atoms with Crippen molar-refractivity contribution in [1.82, 2.24) is 25.3 Å². The lowest BCUT2D eigenvalue weighted by atomic mass is 9.93. The standard InChI is InChI=1S/C21H27N5O4/c1-25-9-7-13(8-10-25)22-19(28)12-30-14-3-4-15-17(11-14)26(2)24-20(15)16-5-6-18(27)23-21(16)29/h3-4,11,13,16H,5-10,12H2,1-2H3,(H,22,28)(H,23,27,29). The zero-order valence-electron chi connectivity index (χ0n) is 17.3. The van der Waals surface area contributed by atoms with Crippen molar-refractivity contribution in [2.45, 2.75) is 37.6 Å². The minimum atomic E-state index is -0.446. The summed E-state index contributed by atoms with van der Waals surface area (Å²) in [6.07, 6.45) is 2.66. The van der Waals surface area contributed by atoms with Crippen molar-refractivity contribution in [2.75, 3.05) is 26.7 Å². The molecule has 1 atom stereocenters. The first-order valence-electron chi connectivity index (χ1n) is 10.3. The zero-order chi connectivity index (χ0) is 21.3. The van der Waals surface area contributed by atoms with Gasteiger partial charge in [0, 0.05) is 31.0 Å². The number of aryl methyl sites for hydroxylation is 1. The number of nitrogens with one attached hydrogen (secondary N) is 2. The molecule has 2 aromatic rings. The second-order valence-electron chi connectivity index (χ2n) is 8.13. The van der Waals surface area contributed by atoms with Gasteiger partial charge in [0.15, 0.2) is 6.61 Å². The van der Waals surface area contributed by atoms with Gasteiger partial charge >= 0.3 is 0 Å². The number of amides is 3. The lowest BCUT2D eigenvalue weighted by Gasteiger charge is -2.29. The fourth-order valence-electron chi connectivity index (χ4n) is 4.14. The van der Waals surface area contributed by atoms with Crippen molar-refractivity contribution >= 4 is 28.6 Å². The van der Waals surface area contributed by atoms with Gasteiger partial charge in [-0.2, -0.15) is 5.10 Å². The number of hydrogen-bond acceptors (Lipinski definition) is 6. The van der Waals surface area contributed by atoms with Crippen LogP contribution in [-0.2, 0) is 21.4 Å². The number of carbonyl (C=O) groups is 3. The second-order valence-corrected chi connectivity index (χ2v) is 8.13. The van der Waals surface area contributed by atoms with Crippen LogP contribution in [0.25, 0.3) is 10.9 Å². The summed E-state index contributed by atoms with van der Waals surface area (Å²) in [7, 11) is 3.88. The first-order valence-corrected chi connectivity index (χ1v) is 10.3. The second kappa shape index (κ2) is 8.43. The molecule has 3 amide bonds. The van der Waals surface area contributed by atoms with E-state index in [0.29, 0.717) is 24.3 Å². The Labute approximate surface area is 174 Å². The van der Waals surface area contributed by atoms with Crippen molar-refractivity contribution in [3.8, 4) is 5.75 Å². The van der Waals surface area contributed by atoms with E-state index in [1.54, 1.807) is 17.8 Å². The molecule has 1 aromatic carbocycles. The number of rotatable bonds is 5. The average molecular weight is 413 g/mol. The first kappa shape index (κ1) is 20.3. The van der Waals surface area contributed by atoms with Crippen molar-refractivity contribution in [1.29, 1.82) is 0 Å². The highest BCUT2D eigenvalue weighted by Crippen LogP contribution is 2.31. The fourth-order valence-corrected chi connectivity index (χ4v) is 4.14. The summed E-state index contributed by atoms with van der Waals surface area (Å²) in [6.45, 7) is 1.92. The predicted octanol–water partition coefficient (Wildman–Crippen LogP) is 0.683. The highest BCUT2D eigenvalue weighted by molar-refractivity contribution is 6.02. The maximum absolute atomic E-state index is 12.2. The van der Waals surface area contributed by atoms with E-state index < -0.39 is 5.92 Å². The molecule has 0 aliphatic carbocycles. The molecule has 0 saturated carbocycles. The number of hydrogen-bond donors (Lipinski definition) is 2. The molecule has 4 rings (SSSR count). The minimum Gasteiger partial charge on any atom is -0.484 e. The molecule has 1 aromatic heterocycles. The van der Waals surface area contributed by atoms with Gasteiger partial charge in [-0.1, -0.05) is 0 Å². The molecule has 2 aliphatic heterocycles. The van der Waals surface area contributed by atoms with E-state index in [2.05, 4.69) is 27.7 Å². The number of ether oxygens (including phenoxy) is 1. The largest absolute Gasteiger partial charge is 0.484 e. The van der Waals surface area contributed by atoms with Crippen LogP contribution >= 0.6 is 0 Å². The molecular weight excluding hydrogens is 386 g/mol. The van der Waals surface area contributed by atoms with Crippen molar-refractivity contribution in [3.05, 3.63) is 23.9 Å². The number of imide groups is 1. The topological polar surface area (TPSA) is 106 Å². The number of nitrogens with zero attached hydrogens (tertiary/aromatic N) is 3. The maximum Gasteiger partial charge on any atom is 0.258 e. The van der Waals surface area contributed by atoms with Crippen molar-refractivity contribution < 1.29 is 19.1 Å². The molecular formula is C21H27N5O4. The summed E-state index contributed by atoms with van der Waals surface area (Å²) in [5.74, 6) is -0.556. The minimum absolute atomic E-state index is 0.0459. The van der Waals surface area contributed by atoms with E-state index >= 15 is 0 Å². The van der Waals surface area contributed by atoms with Gasteiger partial charge in [-0.3, -0.25) is 24.4 Å². The Balaban J connectivity index is 1.41. The van der Waals surface area contributed by atoms with Gasteiger partial charge in [-0.25, -0.2) is 0 Å². The molecule has 0 bridgehead atoms. The third kappa shape index (κ3) is 4.30. The number of benzene rings is 1. The molecule has 160 valence electrons. The Bertz CT molecular complexity index is 977. The number of aromatic nitrogens is 2. The number of fused-ring (bicyclic) bond motifs is 1. The van der Waals surface area contributed by atoms with Crippen LogP contribution in [0, 0.1) is 0 Å². The normalized spacial score (nSPS) is 20.9. The van der Waals surface area contributed by atoms with E-state index in [1.165, 1.54) is 0 Å². The first-order chi connectivity index (χ1) is 14.4. The molecule has 30 heavy (non-hydrogen) atoms. The molecule has 3 heterocycles. The maximum atomic E-state index is 12.2. The zero-order valence-corrected chi connectivity index (χ0v) is 17.3. The number of carbonyl (C=O) groups excluding carboxylic acids is 3. The monoisotopic (exact) mass is 413 g/mol. The van der Waals surface area contributed by atoms with Crippen LogP contribution in [0.15, 0.2) is 18.2 Å². The van der Waals surface area contributed by atoms with Crippen LogP contribution in [0.2, 0.25) is 0 Å². The highest BCUT2D eigenvalue weighted by atomic mass is 16.5. The molecule has 0 radical (unpaired) electrons. The number of likely N-dealkylation sites (tertiary alicyclic amines) is 1. The van der Waals surface area contributed by atoms with Crippen LogP contribution in [0.3, 0.4) is 0 Å². The van der Waals surface area contributed by atoms with Crippen molar-refractivity contribution in [2.24, 2.45) is 7.05 Å². The van der Waals surface area contributed by atoms with E-state index in [1.807, 2.05) is 12.1 Å². The molecule has 2 saturated heterocycles. The summed E-state index contributed by atoms with van der Waals surface area (Å²) in [4.78, 5) is 38.1. The summed E-state index contributed by atoms with van der Waals surface area (Å²) in [5, 5.41) is 10.8. The fraction of sp³-hybridized carbons (Fsp3) is 0.524. The summed E-state index contributed by atoms with van der Waals surface area (Å²) in [6, 6.07) is 5.65. The third-order valence-electron chi connectivity index (χ3n) is 5.87. The highest BCUT2D eigenvalue weighted by Gasteiger charge is 2.31. The number of piperidine rings is 2. The summed E-state index contributed by atoms with van der Waals surface area (Å²) in [5.41, 5.74) is 1.46. The smallest absolute Gasteiger partial charge is 0.258 e. The summed E-state index contributed by atoms with van der Waals surface area (Å²) >= 11 is 0. The van der Waals surface area contributed by atoms with Gasteiger partial charge in [0.05, 0.1) is 17.1 Å². The predicted molar refractivity (Wildman–Crippen MR) is 110 cm³/mol. The van der Waals surface area contributed by atoms with Crippen molar-refractivity contribution in [3.63, 3.8) is 0 Å². The molecule has 2 aliphatic rings. The molecule has 2 fully saturated rings. The van der Waals surface area contributed by atoms with E-state index in [4.69, 9.17) is 4.74 Å². The Hall–Kier alpha value is -2.94. The van der Waals surface area contributed by atoms with Gasteiger partial charge in [-0.05, 0) is 51.5 Å². The molecule has 2 N–H and O–H groups in total. The molecule has 9 nitrogen and oxygen atoms in total. The lowest BCUT2D eigenvalue weighted by molar-refractivity contribution is -0.134. The molecule has 0 spiro atoms. The Morgan fingerprint density at radius 2 is 2.00 bits per heavy atom. The average Bonchev–Trinajstić information content (AvgIpc) is 3.04. The van der Waals surface area contributed by atoms with Crippen LogP contribution in [0.4, 0.5) is 0 Å². The Kier molecular flexibility index (Phi) is 5.72. The SMILES string of the molecule is CN1CCC(NC(=O)COc2ccc3c(C4CCC(=O)NC4=O)nn(C)c3c2)CC1. The van der Waals surface area contributed by atoms with Crippen LogP contribution in [-0.4, -0.2) is 65.2 Å². The Morgan fingerprint density at radius 1 is 1.23 bits per heavy atom. The summed E-state index contributed by atoms with van der Waals surface area (Å²) < 4.78 is 7.39. The van der Waals surface area contributed by atoms with E-state index in [-0.39, 0.29) is 30.4 Å². The third-order valence-corrected chi connectivity index (χ3v) is 5.87. The van der Waals surface area contributed by atoms with Gasteiger partial charge < -0.3 is 15.0 Å². The quantitative estimate of drug-likeness (QED) is 0.699. The van der Waals surface area contributed by atoms with Gasteiger partial charge in [0.2, 0.25) is 11.8 Å². The van der Waals surface area contributed by atoms with E-state index in [9.17, 15) is 14.4 Å². The van der Waals surface area contributed by atoms with E-state index in [0.717, 1.165) is 36.8 Å². The molecule has 9 heteroatoms. The van der Waals surface area contributed by atoms with Crippen LogP contribution in [0.5, 0.6) is 5.75 Å². The van der Waals surface area contributed by atoms with Gasteiger partial charge in [0.25, 0.3) is 5.91 Å². The Morgan fingerprint density at radius 3 is 2.73 bits per heavy atom. The van der Waals surface area contributed by atoms with Gasteiger partial charge in [-0.15, -0.1) is 0 Å². The van der Waals surface area contributed by atoms with Crippen LogP contribution in [0.1, 0.15) is 37.3 Å². The van der Waals surface area contributed by atoms with Crippen LogP contribution < -0.4 is 15.4 Å². The lowest BCUT2D eigenvalue weighted by Crippen LogP contribution is -2.44.